The van der Waals surface area contributed by atoms with E-state index in [9.17, 15) is 4.79 Å². The Hall–Kier alpha value is -1.12. The molecule has 78 valence electrons. The zero-order valence-electron chi connectivity index (χ0n) is 8.20. The SMILES string of the molecule is O=CC1=C(c2ccc(Cl)cc2)CCOC1. The zero-order valence-corrected chi connectivity index (χ0v) is 8.96. The van der Waals surface area contributed by atoms with E-state index in [0.29, 0.717) is 18.2 Å². The van der Waals surface area contributed by atoms with Gasteiger partial charge >= 0.3 is 0 Å². The van der Waals surface area contributed by atoms with E-state index in [1.165, 1.54) is 0 Å². The third-order valence-electron chi connectivity index (χ3n) is 2.48. The van der Waals surface area contributed by atoms with Crippen LogP contribution in [0.2, 0.25) is 5.02 Å². The molecule has 0 bridgehead atoms. The molecule has 0 radical (unpaired) electrons. The lowest BCUT2D eigenvalue weighted by atomic mass is 9.97. The number of benzene rings is 1. The Morgan fingerprint density at radius 3 is 2.67 bits per heavy atom. The van der Waals surface area contributed by atoms with Crippen LogP contribution in [-0.4, -0.2) is 19.5 Å². The van der Waals surface area contributed by atoms with Crippen LogP contribution in [0.25, 0.3) is 5.57 Å². The summed E-state index contributed by atoms with van der Waals surface area (Å²) in [5, 5.41) is 0.707. The van der Waals surface area contributed by atoms with Gasteiger partial charge in [0.15, 0.2) is 0 Å². The van der Waals surface area contributed by atoms with Crippen molar-refractivity contribution in [3.8, 4) is 0 Å². The maximum Gasteiger partial charge on any atom is 0.148 e. The Labute approximate surface area is 93.5 Å². The molecule has 0 fully saturated rings. The molecule has 1 aliphatic rings. The van der Waals surface area contributed by atoms with Crippen molar-refractivity contribution in [3.63, 3.8) is 0 Å². The molecule has 2 nitrogen and oxygen atoms in total. The first-order valence-electron chi connectivity index (χ1n) is 4.82. The molecule has 0 N–H and O–H groups in total. The number of halogens is 1. The highest BCUT2D eigenvalue weighted by Crippen LogP contribution is 2.26. The van der Waals surface area contributed by atoms with E-state index in [4.69, 9.17) is 16.3 Å². The fourth-order valence-electron chi connectivity index (χ4n) is 1.69. The summed E-state index contributed by atoms with van der Waals surface area (Å²) in [6.07, 6.45) is 1.67. The van der Waals surface area contributed by atoms with Crippen molar-refractivity contribution >= 4 is 23.5 Å². The Bertz CT molecular complexity index is 393. The molecule has 1 heterocycles. The van der Waals surface area contributed by atoms with Crippen LogP contribution in [0.4, 0.5) is 0 Å². The molecule has 0 aliphatic carbocycles. The molecule has 0 atom stereocenters. The van der Waals surface area contributed by atoms with Gasteiger partial charge in [0.05, 0.1) is 13.2 Å². The lowest BCUT2D eigenvalue weighted by molar-refractivity contribution is -0.105. The highest BCUT2D eigenvalue weighted by Gasteiger charge is 2.13. The molecule has 0 saturated heterocycles. The summed E-state index contributed by atoms with van der Waals surface area (Å²) in [6.45, 7) is 1.09. The van der Waals surface area contributed by atoms with E-state index in [-0.39, 0.29) is 0 Å². The first-order valence-corrected chi connectivity index (χ1v) is 5.20. The Kier molecular flexibility index (Phi) is 3.19. The van der Waals surface area contributed by atoms with Crippen LogP contribution in [0, 0.1) is 0 Å². The number of carbonyl (C=O) groups excluding carboxylic acids is 1. The summed E-state index contributed by atoms with van der Waals surface area (Å²) in [6, 6.07) is 7.54. The Balaban J connectivity index is 2.39. The second-order valence-electron chi connectivity index (χ2n) is 3.43. The first-order chi connectivity index (χ1) is 7.31. The van der Waals surface area contributed by atoms with E-state index < -0.39 is 0 Å². The minimum absolute atomic E-state index is 0.418. The van der Waals surface area contributed by atoms with Crippen molar-refractivity contribution in [1.82, 2.24) is 0 Å². The van der Waals surface area contributed by atoms with Crippen LogP contribution in [0.3, 0.4) is 0 Å². The molecule has 15 heavy (non-hydrogen) atoms. The molecule has 0 aromatic heterocycles. The third-order valence-corrected chi connectivity index (χ3v) is 2.73. The quantitative estimate of drug-likeness (QED) is 0.720. The predicted molar refractivity (Wildman–Crippen MR) is 59.9 cm³/mol. The Morgan fingerprint density at radius 1 is 1.27 bits per heavy atom. The minimum Gasteiger partial charge on any atom is -0.376 e. The van der Waals surface area contributed by atoms with Crippen molar-refractivity contribution in [3.05, 3.63) is 40.4 Å². The second-order valence-corrected chi connectivity index (χ2v) is 3.87. The van der Waals surface area contributed by atoms with Gasteiger partial charge in [-0.3, -0.25) is 4.79 Å². The molecule has 2 rings (SSSR count). The normalized spacial score (nSPS) is 16.6. The molecule has 3 heteroatoms. The van der Waals surface area contributed by atoms with E-state index in [0.717, 1.165) is 29.4 Å². The van der Waals surface area contributed by atoms with Crippen LogP contribution >= 0.6 is 11.6 Å². The largest absolute Gasteiger partial charge is 0.376 e. The van der Waals surface area contributed by atoms with Crippen molar-refractivity contribution in [2.24, 2.45) is 0 Å². The number of carbonyl (C=O) groups is 1. The number of aldehydes is 1. The summed E-state index contributed by atoms with van der Waals surface area (Å²) < 4.78 is 5.23. The molecule has 1 aromatic rings. The summed E-state index contributed by atoms with van der Waals surface area (Å²) >= 11 is 5.81. The standard InChI is InChI=1S/C12H11ClO2/c13-11-3-1-9(2-4-11)12-5-6-15-8-10(12)7-14/h1-4,7H,5-6,8H2. The monoisotopic (exact) mass is 222 g/mol. The predicted octanol–water partition coefficient (Wildman–Crippen LogP) is 2.71. The number of ether oxygens (including phenoxy) is 1. The van der Waals surface area contributed by atoms with E-state index in [1.807, 2.05) is 24.3 Å². The van der Waals surface area contributed by atoms with Crippen LogP contribution in [-0.2, 0) is 9.53 Å². The molecular formula is C12H11ClO2. The number of hydrogen-bond donors (Lipinski definition) is 0. The minimum atomic E-state index is 0.418. The highest BCUT2D eigenvalue weighted by atomic mass is 35.5. The lowest BCUT2D eigenvalue weighted by Crippen LogP contribution is -2.11. The van der Waals surface area contributed by atoms with Crippen molar-refractivity contribution in [2.75, 3.05) is 13.2 Å². The van der Waals surface area contributed by atoms with Gasteiger partial charge in [-0.2, -0.15) is 0 Å². The smallest absolute Gasteiger partial charge is 0.148 e. The number of rotatable bonds is 2. The molecule has 1 aliphatic heterocycles. The van der Waals surface area contributed by atoms with Crippen molar-refractivity contribution < 1.29 is 9.53 Å². The summed E-state index contributed by atoms with van der Waals surface area (Å²) in [7, 11) is 0. The van der Waals surface area contributed by atoms with Gasteiger partial charge in [0.25, 0.3) is 0 Å². The van der Waals surface area contributed by atoms with E-state index in [1.54, 1.807) is 0 Å². The topological polar surface area (TPSA) is 26.3 Å². The van der Waals surface area contributed by atoms with E-state index in [2.05, 4.69) is 0 Å². The molecule has 0 spiro atoms. The molecule has 0 unspecified atom stereocenters. The molecular weight excluding hydrogens is 212 g/mol. The van der Waals surface area contributed by atoms with Crippen LogP contribution in [0.1, 0.15) is 12.0 Å². The third kappa shape index (κ3) is 2.28. The van der Waals surface area contributed by atoms with Gasteiger partial charge in [0, 0.05) is 10.6 Å². The van der Waals surface area contributed by atoms with Crippen molar-refractivity contribution in [1.29, 1.82) is 0 Å². The number of hydrogen-bond acceptors (Lipinski definition) is 2. The molecule has 0 saturated carbocycles. The average molecular weight is 223 g/mol. The van der Waals surface area contributed by atoms with Gasteiger partial charge in [0.2, 0.25) is 0 Å². The van der Waals surface area contributed by atoms with Crippen LogP contribution in [0.5, 0.6) is 0 Å². The van der Waals surface area contributed by atoms with Gasteiger partial charge in [0.1, 0.15) is 6.29 Å². The van der Waals surface area contributed by atoms with Crippen LogP contribution < -0.4 is 0 Å². The molecule has 0 amide bonds. The van der Waals surface area contributed by atoms with Gasteiger partial charge in [-0.05, 0) is 29.7 Å². The Morgan fingerprint density at radius 2 is 2.00 bits per heavy atom. The summed E-state index contributed by atoms with van der Waals surface area (Å²) in [5.41, 5.74) is 2.88. The van der Waals surface area contributed by atoms with Crippen LogP contribution in [0.15, 0.2) is 29.8 Å². The fourth-order valence-corrected chi connectivity index (χ4v) is 1.82. The van der Waals surface area contributed by atoms with Gasteiger partial charge < -0.3 is 4.74 Å². The second kappa shape index (κ2) is 4.60. The molecule has 1 aromatic carbocycles. The summed E-state index contributed by atoms with van der Waals surface area (Å²) in [5.74, 6) is 0. The maximum absolute atomic E-state index is 10.8. The fraction of sp³-hybridized carbons (Fsp3) is 0.250. The highest BCUT2D eigenvalue weighted by molar-refractivity contribution is 6.30. The van der Waals surface area contributed by atoms with E-state index >= 15 is 0 Å². The first kappa shape index (κ1) is 10.4. The van der Waals surface area contributed by atoms with Gasteiger partial charge in [-0.15, -0.1) is 0 Å². The van der Waals surface area contributed by atoms with Gasteiger partial charge in [-0.1, -0.05) is 23.7 Å². The van der Waals surface area contributed by atoms with Gasteiger partial charge in [-0.25, -0.2) is 0 Å². The maximum atomic E-state index is 10.8. The average Bonchev–Trinajstić information content (AvgIpc) is 2.30. The van der Waals surface area contributed by atoms with Crippen molar-refractivity contribution in [2.45, 2.75) is 6.42 Å². The lowest BCUT2D eigenvalue weighted by Gasteiger charge is -2.17. The zero-order chi connectivity index (χ0) is 10.7. The summed E-state index contributed by atoms with van der Waals surface area (Å²) in [4.78, 5) is 10.8.